The number of hydrogen-bond acceptors (Lipinski definition) is 7. The largest absolute Gasteiger partial charge is 0.454 e. The molecular weight excluding hydrogens is 366 g/mol. The minimum atomic E-state index is -0.109. The minimum absolute atomic E-state index is 0.109. The summed E-state index contributed by atoms with van der Waals surface area (Å²) in [4.78, 5) is 4.41. The lowest BCUT2D eigenvalue weighted by Gasteiger charge is -2.26. The Labute approximate surface area is 168 Å². The monoisotopic (exact) mass is 391 g/mol. The maximum atomic E-state index is 6.38. The SMILES string of the molecule is Cc1cc([C@@H](C)N)c2oc3c(C4CCC(c5nc(C)no5)CC4)cnnc3c2c1. The molecule has 7 heteroatoms. The summed E-state index contributed by atoms with van der Waals surface area (Å²) in [5, 5.41) is 13.7. The highest BCUT2D eigenvalue weighted by Gasteiger charge is 2.29. The maximum Gasteiger partial charge on any atom is 0.229 e. The molecule has 1 saturated carbocycles. The fourth-order valence-corrected chi connectivity index (χ4v) is 4.63. The van der Waals surface area contributed by atoms with Crippen LogP contribution in [0.3, 0.4) is 0 Å². The van der Waals surface area contributed by atoms with Gasteiger partial charge in [-0.3, -0.25) is 0 Å². The lowest BCUT2D eigenvalue weighted by Crippen LogP contribution is -2.13. The van der Waals surface area contributed by atoms with Gasteiger partial charge in [-0.25, -0.2) is 0 Å². The van der Waals surface area contributed by atoms with Gasteiger partial charge in [0, 0.05) is 28.5 Å². The lowest BCUT2D eigenvalue weighted by molar-refractivity contribution is 0.299. The van der Waals surface area contributed by atoms with Crippen molar-refractivity contribution in [2.45, 2.75) is 64.3 Å². The van der Waals surface area contributed by atoms with Crippen molar-refractivity contribution in [3.8, 4) is 0 Å². The van der Waals surface area contributed by atoms with Crippen LogP contribution in [0.4, 0.5) is 0 Å². The Morgan fingerprint density at radius 2 is 1.83 bits per heavy atom. The van der Waals surface area contributed by atoms with Gasteiger partial charge < -0.3 is 14.7 Å². The molecule has 0 amide bonds. The van der Waals surface area contributed by atoms with E-state index >= 15 is 0 Å². The highest BCUT2D eigenvalue weighted by atomic mass is 16.5. The van der Waals surface area contributed by atoms with E-state index in [-0.39, 0.29) is 6.04 Å². The minimum Gasteiger partial charge on any atom is -0.454 e. The number of hydrogen-bond donors (Lipinski definition) is 1. The molecule has 1 aliphatic carbocycles. The Morgan fingerprint density at radius 1 is 1.07 bits per heavy atom. The van der Waals surface area contributed by atoms with Crippen LogP contribution in [0.5, 0.6) is 0 Å². The average molecular weight is 391 g/mol. The number of aromatic nitrogens is 4. The van der Waals surface area contributed by atoms with Gasteiger partial charge in [0.15, 0.2) is 11.4 Å². The predicted octanol–water partition coefficient (Wildman–Crippen LogP) is 4.84. The normalized spacial score (nSPS) is 21.1. The first-order valence-electron chi connectivity index (χ1n) is 10.3. The zero-order chi connectivity index (χ0) is 20.1. The average Bonchev–Trinajstić information content (AvgIpc) is 3.31. The van der Waals surface area contributed by atoms with Crippen molar-refractivity contribution >= 4 is 22.1 Å². The Hall–Kier alpha value is -2.80. The van der Waals surface area contributed by atoms with Crippen molar-refractivity contribution in [1.29, 1.82) is 0 Å². The summed E-state index contributed by atoms with van der Waals surface area (Å²) in [7, 11) is 0. The molecule has 29 heavy (non-hydrogen) atoms. The van der Waals surface area contributed by atoms with Crippen LogP contribution in [0.2, 0.25) is 0 Å². The summed E-state index contributed by atoms with van der Waals surface area (Å²) in [5.41, 5.74) is 12.0. The molecule has 1 aliphatic rings. The van der Waals surface area contributed by atoms with Gasteiger partial charge in [-0.1, -0.05) is 11.2 Å². The fourth-order valence-electron chi connectivity index (χ4n) is 4.63. The van der Waals surface area contributed by atoms with Crippen molar-refractivity contribution in [2.24, 2.45) is 5.73 Å². The summed E-state index contributed by atoms with van der Waals surface area (Å²) in [6.45, 7) is 5.91. The van der Waals surface area contributed by atoms with Gasteiger partial charge in [0.2, 0.25) is 5.89 Å². The topological polar surface area (TPSA) is 104 Å². The van der Waals surface area contributed by atoms with Crippen LogP contribution in [-0.4, -0.2) is 20.3 Å². The summed E-state index contributed by atoms with van der Waals surface area (Å²) >= 11 is 0. The molecule has 0 bridgehead atoms. The second kappa shape index (κ2) is 6.91. The van der Waals surface area contributed by atoms with Gasteiger partial charge in [0.1, 0.15) is 11.1 Å². The van der Waals surface area contributed by atoms with E-state index in [1.54, 1.807) is 0 Å². The molecule has 3 aromatic heterocycles. The van der Waals surface area contributed by atoms with Crippen molar-refractivity contribution in [2.75, 3.05) is 0 Å². The standard InChI is InChI=1S/C22H25N5O2/c1-11-8-16(12(2)23)20-17(9-11)19-21(28-20)18(10-24-26-19)14-4-6-15(7-5-14)22-25-13(3)27-29-22/h8-10,12,14-15H,4-7,23H2,1-3H3/t12-,14?,15?/m1/s1. The molecule has 5 rings (SSSR count). The first-order valence-corrected chi connectivity index (χ1v) is 10.3. The van der Waals surface area contributed by atoms with Gasteiger partial charge in [0.25, 0.3) is 0 Å². The third kappa shape index (κ3) is 3.09. The third-order valence-corrected chi connectivity index (χ3v) is 6.10. The molecule has 3 heterocycles. The molecule has 0 spiro atoms. The highest BCUT2D eigenvalue weighted by molar-refractivity contribution is 6.04. The molecule has 0 aliphatic heterocycles. The number of fused-ring (bicyclic) bond motifs is 3. The van der Waals surface area contributed by atoms with Crippen LogP contribution in [0.1, 0.15) is 78.9 Å². The van der Waals surface area contributed by atoms with Gasteiger partial charge >= 0.3 is 0 Å². The Kier molecular flexibility index (Phi) is 4.35. The summed E-state index contributed by atoms with van der Waals surface area (Å²) in [5.74, 6) is 2.18. The number of furan rings is 1. The van der Waals surface area contributed by atoms with Crippen LogP contribution in [0.15, 0.2) is 27.3 Å². The van der Waals surface area contributed by atoms with Crippen LogP contribution in [0.25, 0.3) is 22.1 Å². The molecular formula is C22H25N5O2. The third-order valence-electron chi connectivity index (χ3n) is 6.10. The number of aryl methyl sites for hydroxylation is 2. The van der Waals surface area contributed by atoms with Crippen LogP contribution in [-0.2, 0) is 0 Å². The molecule has 0 saturated heterocycles. The summed E-state index contributed by atoms with van der Waals surface area (Å²) < 4.78 is 11.8. The Balaban J connectivity index is 1.52. The molecule has 1 aromatic carbocycles. The molecule has 4 aromatic rings. The summed E-state index contributed by atoms with van der Waals surface area (Å²) in [6.07, 6.45) is 5.96. The van der Waals surface area contributed by atoms with Gasteiger partial charge in [0.05, 0.1) is 6.20 Å². The van der Waals surface area contributed by atoms with E-state index in [9.17, 15) is 0 Å². The number of benzene rings is 1. The van der Waals surface area contributed by atoms with E-state index in [0.717, 1.165) is 70.3 Å². The van der Waals surface area contributed by atoms with Gasteiger partial charge in [-0.2, -0.15) is 10.1 Å². The Bertz CT molecular complexity index is 1180. The fraction of sp³-hybridized carbons (Fsp3) is 0.455. The van der Waals surface area contributed by atoms with E-state index in [1.165, 1.54) is 0 Å². The van der Waals surface area contributed by atoms with E-state index in [0.29, 0.717) is 17.7 Å². The van der Waals surface area contributed by atoms with Crippen molar-refractivity contribution in [3.05, 3.63) is 46.7 Å². The van der Waals surface area contributed by atoms with E-state index in [2.05, 4.69) is 39.4 Å². The molecule has 1 fully saturated rings. The molecule has 0 radical (unpaired) electrons. The van der Waals surface area contributed by atoms with E-state index in [1.807, 2.05) is 20.0 Å². The molecule has 150 valence electrons. The summed E-state index contributed by atoms with van der Waals surface area (Å²) in [6, 6.07) is 4.10. The van der Waals surface area contributed by atoms with Gasteiger partial charge in [-0.15, -0.1) is 5.10 Å². The predicted molar refractivity (Wildman–Crippen MR) is 110 cm³/mol. The molecule has 2 N–H and O–H groups in total. The van der Waals surface area contributed by atoms with Crippen molar-refractivity contribution < 1.29 is 8.94 Å². The smallest absolute Gasteiger partial charge is 0.229 e. The van der Waals surface area contributed by atoms with Crippen molar-refractivity contribution in [3.63, 3.8) is 0 Å². The maximum absolute atomic E-state index is 6.38. The molecule has 1 atom stereocenters. The quantitative estimate of drug-likeness (QED) is 0.533. The number of nitrogens with two attached hydrogens (primary N) is 1. The zero-order valence-corrected chi connectivity index (χ0v) is 17.0. The van der Waals surface area contributed by atoms with E-state index < -0.39 is 0 Å². The second-order valence-corrected chi connectivity index (χ2v) is 8.33. The highest BCUT2D eigenvalue weighted by Crippen LogP contribution is 2.43. The molecule has 7 nitrogen and oxygen atoms in total. The van der Waals surface area contributed by atoms with E-state index in [4.69, 9.17) is 14.7 Å². The first-order chi connectivity index (χ1) is 14.0. The van der Waals surface area contributed by atoms with Crippen molar-refractivity contribution in [1.82, 2.24) is 20.3 Å². The molecule has 0 unspecified atom stereocenters. The number of rotatable bonds is 3. The zero-order valence-electron chi connectivity index (χ0n) is 17.0. The Morgan fingerprint density at radius 3 is 2.52 bits per heavy atom. The van der Waals surface area contributed by atoms with Crippen LogP contribution in [0, 0.1) is 13.8 Å². The first kappa shape index (κ1) is 18.2. The number of nitrogens with zero attached hydrogens (tertiary/aromatic N) is 4. The lowest BCUT2D eigenvalue weighted by atomic mass is 9.79. The van der Waals surface area contributed by atoms with Gasteiger partial charge in [-0.05, 0) is 64.0 Å². The van der Waals surface area contributed by atoms with Crippen LogP contribution < -0.4 is 5.73 Å². The second-order valence-electron chi connectivity index (χ2n) is 8.33. The van der Waals surface area contributed by atoms with Crippen LogP contribution >= 0.6 is 0 Å².